The molecule has 1 unspecified atom stereocenters. The molecule has 2 rings (SSSR count). The van der Waals surface area contributed by atoms with Gasteiger partial charge in [0.2, 0.25) is 10.0 Å². The number of nitrogens with zero attached hydrogens (tertiary/aromatic N) is 2. The molecule has 112 valence electrons. The molecular weight excluding hydrogens is 300 g/mol. The number of hydrogen-bond donors (Lipinski definition) is 1. The lowest BCUT2D eigenvalue weighted by Crippen LogP contribution is -2.49. The Bertz CT molecular complexity index is 556. The van der Waals surface area contributed by atoms with Crippen LogP contribution in [0.5, 0.6) is 0 Å². The van der Waals surface area contributed by atoms with E-state index in [-0.39, 0.29) is 0 Å². The van der Waals surface area contributed by atoms with Crippen molar-refractivity contribution in [2.45, 2.75) is 6.10 Å². The SMILES string of the molecule is CS(=O)(=O)N1CCN(CC(O)c2ccccc2Cl)CC1. The fourth-order valence-electron chi connectivity index (χ4n) is 2.33. The Morgan fingerprint density at radius 1 is 1.25 bits per heavy atom. The number of sulfonamides is 1. The molecule has 1 aromatic rings. The highest BCUT2D eigenvalue weighted by Crippen LogP contribution is 2.23. The summed E-state index contributed by atoms with van der Waals surface area (Å²) in [6.45, 7) is 2.63. The van der Waals surface area contributed by atoms with Crippen LogP contribution in [0, 0.1) is 0 Å². The van der Waals surface area contributed by atoms with Gasteiger partial charge < -0.3 is 5.11 Å². The average molecular weight is 319 g/mol. The molecule has 1 aliphatic heterocycles. The molecular formula is C13H19ClN2O3S. The zero-order valence-electron chi connectivity index (χ0n) is 11.4. The summed E-state index contributed by atoms with van der Waals surface area (Å²) >= 11 is 6.05. The fraction of sp³-hybridized carbons (Fsp3) is 0.538. The van der Waals surface area contributed by atoms with Gasteiger partial charge in [-0.15, -0.1) is 0 Å². The van der Waals surface area contributed by atoms with Crippen molar-refractivity contribution in [3.8, 4) is 0 Å². The average Bonchev–Trinajstić information content (AvgIpc) is 2.38. The molecule has 1 heterocycles. The minimum atomic E-state index is -3.11. The first-order valence-corrected chi connectivity index (χ1v) is 8.70. The Morgan fingerprint density at radius 2 is 1.85 bits per heavy atom. The third kappa shape index (κ3) is 3.93. The van der Waals surface area contributed by atoms with Crippen LogP contribution in [-0.4, -0.2) is 61.7 Å². The van der Waals surface area contributed by atoms with E-state index in [1.165, 1.54) is 10.6 Å². The number of hydrogen-bond acceptors (Lipinski definition) is 4. The molecule has 1 aromatic carbocycles. The van der Waals surface area contributed by atoms with Crippen molar-refractivity contribution >= 4 is 21.6 Å². The van der Waals surface area contributed by atoms with Gasteiger partial charge in [0.1, 0.15) is 0 Å². The van der Waals surface area contributed by atoms with Crippen molar-refractivity contribution in [1.29, 1.82) is 0 Å². The minimum Gasteiger partial charge on any atom is -0.387 e. The van der Waals surface area contributed by atoms with Crippen molar-refractivity contribution in [3.63, 3.8) is 0 Å². The second-order valence-electron chi connectivity index (χ2n) is 5.00. The molecule has 1 saturated heterocycles. The van der Waals surface area contributed by atoms with Gasteiger partial charge in [-0.25, -0.2) is 8.42 Å². The van der Waals surface area contributed by atoms with Crippen molar-refractivity contribution in [2.24, 2.45) is 0 Å². The Labute approximate surface area is 124 Å². The largest absolute Gasteiger partial charge is 0.387 e. The minimum absolute atomic E-state index is 0.460. The van der Waals surface area contributed by atoms with E-state index in [2.05, 4.69) is 4.90 Å². The normalized spacial score (nSPS) is 19.9. The molecule has 1 aliphatic rings. The molecule has 0 bridgehead atoms. The molecule has 0 radical (unpaired) electrons. The summed E-state index contributed by atoms with van der Waals surface area (Å²) in [5.74, 6) is 0. The maximum Gasteiger partial charge on any atom is 0.211 e. The first kappa shape index (κ1) is 15.7. The van der Waals surface area contributed by atoms with Crippen LogP contribution in [0.4, 0.5) is 0 Å². The fourth-order valence-corrected chi connectivity index (χ4v) is 3.42. The number of piperazine rings is 1. The van der Waals surface area contributed by atoms with Crippen LogP contribution in [0.15, 0.2) is 24.3 Å². The van der Waals surface area contributed by atoms with E-state index in [0.717, 1.165) is 0 Å². The topological polar surface area (TPSA) is 60.9 Å². The van der Waals surface area contributed by atoms with Crippen LogP contribution in [-0.2, 0) is 10.0 Å². The van der Waals surface area contributed by atoms with E-state index >= 15 is 0 Å². The second-order valence-corrected chi connectivity index (χ2v) is 7.39. The number of β-amino-alcohol motifs (C(OH)–C–C–N with tert-alkyl or cyclic N) is 1. The van der Waals surface area contributed by atoms with Gasteiger partial charge in [-0.05, 0) is 6.07 Å². The van der Waals surface area contributed by atoms with Crippen LogP contribution in [0.3, 0.4) is 0 Å². The quantitative estimate of drug-likeness (QED) is 0.898. The lowest BCUT2D eigenvalue weighted by molar-refractivity contribution is 0.0923. The maximum atomic E-state index is 11.4. The second kappa shape index (κ2) is 6.41. The standard InChI is InChI=1S/C13H19ClN2O3S/c1-20(18,19)16-8-6-15(7-9-16)10-13(17)11-4-2-3-5-12(11)14/h2-5,13,17H,6-10H2,1H3. The van der Waals surface area contributed by atoms with E-state index < -0.39 is 16.1 Å². The van der Waals surface area contributed by atoms with E-state index in [4.69, 9.17) is 11.6 Å². The number of rotatable bonds is 4. The van der Waals surface area contributed by atoms with E-state index in [0.29, 0.717) is 43.3 Å². The van der Waals surface area contributed by atoms with Gasteiger partial charge in [-0.2, -0.15) is 4.31 Å². The Morgan fingerprint density at radius 3 is 2.40 bits per heavy atom. The summed E-state index contributed by atoms with van der Waals surface area (Å²) in [7, 11) is -3.11. The highest BCUT2D eigenvalue weighted by Gasteiger charge is 2.25. The number of aliphatic hydroxyl groups excluding tert-OH is 1. The molecule has 1 atom stereocenters. The predicted molar refractivity (Wildman–Crippen MR) is 79.3 cm³/mol. The van der Waals surface area contributed by atoms with E-state index in [1.807, 2.05) is 12.1 Å². The molecule has 5 nitrogen and oxygen atoms in total. The molecule has 0 aliphatic carbocycles. The Balaban J connectivity index is 1.91. The van der Waals surface area contributed by atoms with Gasteiger partial charge >= 0.3 is 0 Å². The lowest BCUT2D eigenvalue weighted by atomic mass is 10.1. The van der Waals surface area contributed by atoms with Gasteiger partial charge in [0.05, 0.1) is 12.4 Å². The van der Waals surface area contributed by atoms with Gasteiger partial charge in [0, 0.05) is 43.3 Å². The zero-order valence-corrected chi connectivity index (χ0v) is 12.9. The molecule has 1 N–H and O–H groups in total. The highest BCUT2D eigenvalue weighted by atomic mass is 35.5. The summed E-state index contributed by atoms with van der Waals surface area (Å²) < 4.78 is 24.3. The summed E-state index contributed by atoms with van der Waals surface area (Å²) in [5.41, 5.74) is 0.708. The molecule has 0 spiro atoms. The summed E-state index contributed by atoms with van der Waals surface area (Å²) in [6.07, 6.45) is 0.565. The van der Waals surface area contributed by atoms with E-state index in [9.17, 15) is 13.5 Å². The number of aliphatic hydroxyl groups is 1. The lowest BCUT2D eigenvalue weighted by Gasteiger charge is -2.34. The van der Waals surface area contributed by atoms with Gasteiger partial charge in [-0.1, -0.05) is 29.8 Å². The molecule has 20 heavy (non-hydrogen) atoms. The summed E-state index contributed by atoms with van der Waals surface area (Å²) in [6, 6.07) is 7.22. The monoisotopic (exact) mass is 318 g/mol. The van der Waals surface area contributed by atoms with Crippen LogP contribution in [0.2, 0.25) is 5.02 Å². The molecule has 7 heteroatoms. The van der Waals surface area contributed by atoms with Gasteiger partial charge in [0.25, 0.3) is 0 Å². The number of halogens is 1. The molecule has 0 saturated carbocycles. The molecule has 1 fully saturated rings. The van der Waals surface area contributed by atoms with Crippen LogP contribution < -0.4 is 0 Å². The summed E-state index contributed by atoms with van der Waals surface area (Å²) in [5, 5.41) is 10.8. The van der Waals surface area contributed by atoms with Crippen molar-refractivity contribution < 1.29 is 13.5 Å². The van der Waals surface area contributed by atoms with Crippen molar-refractivity contribution in [1.82, 2.24) is 9.21 Å². The van der Waals surface area contributed by atoms with Crippen LogP contribution in [0.25, 0.3) is 0 Å². The first-order valence-electron chi connectivity index (χ1n) is 6.48. The first-order chi connectivity index (χ1) is 9.38. The van der Waals surface area contributed by atoms with Gasteiger partial charge in [-0.3, -0.25) is 4.90 Å². The third-order valence-electron chi connectivity index (χ3n) is 3.50. The third-order valence-corrected chi connectivity index (χ3v) is 5.14. The Hall–Kier alpha value is -0.660. The van der Waals surface area contributed by atoms with E-state index in [1.54, 1.807) is 12.1 Å². The van der Waals surface area contributed by atoms with Gasteiger partial charge in [0.15, 0.2) is 0 Å². The maximum absolute atomic E-state index is 11.4. The smallest absolute Gasteiger partial charge is 0.211 e. The highest BCUT2D eigenvalue weighted by molar-refractivity contribution is 7.88. The molecule has 0 aromatic heterocycles. The van der Waals surface area contributed by atoms with Crippen molar-refractivity contribution in [3.05, 3.63) is 34.9 Å². The summed E-state index contributed by atoms with van der Waals surface area (Å²) in [4.78, 5) is 2.05. The Kier molecular flexibility index (Phi) is 5.04. The number of benzene rings is 1. The van der Waals surface area contributed by atoms with Crippen LogP contribution in [0.1, 0.15) is 11.7 Å². The van der Waals surface area contributed by atoms with Crippen molar-refractivity contribution in [2.75, 3.05) is 39.0 Å². The van der Waals surface area contributed by atoms with Crippen LogP contribution >= 0.6 is 11.6 Å². The zero-order chi connectivity index (χ0) is 14.8. The predicted octanol–water partition coefficient (Wildman–Crippen LogP) is 0.951. The molecule has 0 amide bonds.